The molecule has 17 heavy (non-hydrogen) atoms. The lowest BCUT2D eigenvalue weighted by Gasteiger charge is -2.07. The zero-order valence-electron chi connectivity index (χ0n) is 10.1. The van der Waals surface area contributed by atoms with E-state index in [0.29, 0.717) is 0 Å². The second-order valence-corrected chi connectivity index (χ2v) is 4.96. The Morgan fingerprint density at radius 3 is 2.24 bits per heavy atom. The summed E-state index contributed by atoms with van der Waals surface area (Å²) in [6.45, 7) is 5.75. The van der Waals surface area contributed by atoms with E-state index in [4.69, 9.17) is 0 Å². The second kappa shape index (κ2) is 4.63. The third-order valence-corrected chi connectivity index (χ3v) is 3.97. The summed E-state index contributed by atoms with van der Waals surface area (Å²) < 4.78 is 2.93. The maximum atomic E-state index is 9.46. The Balaban J connectivity index is 2.43. The average Bonchev–Trinajstić information content (AvgIpc) is 2.57. The highest BCUT2D eigenvalue weighted by atomic mass is 79.9. The number of benzene rings is 1. The number of halogens is 1. The molecule has 2 rings (SSSR count). The van der Waals surface area contributed by atoms with Gasteiger partial charge >= 0.3 is 0 Å². The fraction of sp³-hybridized carbons (Fsp3) is 0.308. The van der Waals surface area contributed by atoms with Crippen LogP contribution < -0.4 is 0 Å². The van der Waals surface area contributed by atoms with Crippen LogP contribution >= 0.6 is 15.9 Å². The van der Waals surface area contributed by atoms with Crippen molar-refractivity contribution in [3.05, 3.63) is 45.7 Å². The van der Waals surface area contributed by atoms with Gasteiger partial charge in [-0.2, -0.15) is 5.10 Å². The van der Waals surface area contributed by atoms with Crippen molar-refractivity contribution in [1.82, 2.24) is 9.78 Å². The molecule has 0 aliphatic carbocycles. The summed E-state index contributed by atoms with van der Waals surface area (Å²) in [5, 5.41) is 13.9. The first-order chi connectivity index (χ1) is 8.00. The maximum absolute atomic E-state index is 9.46. The highest BCUT2D eigenvalue weighted by Gasteiger charge is 2.10. The summed E-state index contributed by atoms with van der Waals surface area (Å²) in [5.74, 6) is 0. The van der Waals surface area contributed by atoms with E-state index in [1.165, 1.54) is 0 Å². The Hall–Kier alpha value is -1.13. The Morgan fingerprint density at radius 1 is 1.24 bits per heavy atom. The Morgan fingerprint density at radius 2 is 1.82 bits per heavy atom. The van der Waals surface area contributed by atoms with E-state index in [1.54, 1.807) is 6.92 Å². The highest BCUT2D eigenvalue weighted by Crippen LogP contribution is 2.23. The number of rotatable bonds is 2. The van der Waals surface area contributed by atoms with Crippen LogP contribution in [0.25, 0.3) is 5.69 Å². The molecule has 0 bridgehead atoms. The number of nitrogens with zero attached hydrogens (tertiary/aromatic N) is 2. The minimum atomic E-state index is -0.434. The number of hydrogen-bond acceptors (Lipinski definition) is 2. The van der Waals surface area contributed by atoms with Gasteiger partial charge in [0.05, 0.1) is 27.7 Å². The van der Waals surface area contributed by atoms with Gasteiger partial charge in [-0.05, 0) is 54.4 Å². The van der Waals surface area contributed by atoms with Crippen molar-refractivity contribution in [1.29, 1.82) is 0 Å². The standard InChI is InChI=1S/C13H15BrN2O/c1-8-13(14)9(2)16(15-8)12-6-4-11(5-7-12)10(3)17/h4-7,10,17H,1-3H3/t10-/m0/s1. The Bertz CT molecular complexity index is 529. The highest BCUT2D eigenvalue weighted by molar-refractivity contribution is 9.10. The van der Waals surface area contributed by atoms with Crippen molar-refractivity contribution >= 4 is 15.9 Å². The number of aromatic nitrogens is 2. The molecule has 2 aromatic rings. The molecule has 0 radical (unpaired) electrons. The maximum Gasteiger partial charge on any atom is 0.0761 e. The first-order valence-electron chi connectivity index (χ1n) is 5.51. The van der Waals surface area contributed by atoms with Crippen molar-refractivity contribution < 1.29 is 5.11 Å². The summed E-state index contributed by atoms with van der Waals surface area (Å²) in [5.41, 5.74) is 3.96. The van der Waals surface area contributed by atoms with E-state index in [9.17, 15) is 5.11 Å². The molecular weight excluding hydrogens is 280 g/mol. The third kappa shape index (κ3) is 2.28. The van der Waals surface area contributed by atoms with E-state index < -0.39 is 6.10 Å². The summed E-state index contributed by atoms with van der Waals surface area (Å²) in [7, 11) is 0. The molecule has 1 atom stereocenters. The van der Waals surface area contributed by atoms with Crippen molar-refractivity contribution in [2.75, 3.05) is 0 Å². The molecule has 1 N–H and O–H groups in total. The van der Waals surface area contributed by atoms with E-state index >= 15 is 0 Å². The zero-order chi connectivity index (χ0) is 12.6. The molecule has 0 unspecified atom stereocenters. The molecule has 0 amide bonds. The quantitative estimate of drug-likeness (QED) is 0.923. The topological polar surface area (TPSA) is 38.0 Å². The zero-order valence-corrected chi connectivity index (χ0v) is 11.7. The summed E-state index contributed by atoms with van der Waals surface area (Å²) in [6.07, 6.45) is -0.434. The molecule has 4 heteroatoms. The molecule has 0 aliphatic rings. The van der Waals surface area contributed by atoms with E-state index in [2.05, 4.69) is 21.0 Å². The molecular formula is C13H15BrN2O. The first-order valence-corrected chi connectivity index (χ1v) is 6.30. The number of aliphatic hydroxyl groups excluding tert-OH is 1. The van der Waals surface area contributed by atoms with Gasteiger partial charge in [0.1, 0.15) is 0 Å². The number of aryl methyl sites for hydroxylation is 1. The molecule has 1 aromatic carbocycles. The molecule has 0 spiro atoms. The first kappa shape index (κ1) is 12.3. The van der Waals surface area contributed by atoms with Gasteiger partial charge in [0, 0.05) is 0 Å². The molecule has 1 heterocycles. The van der Waals surface area contributed by atoms with Crippen molar-refractivity contribution in [3.8, 4) is 5.69 Å². The fourth-order valence-corrected chi connectivity index (χ4v) is 2.02. The molecule has 0 saturated carbocycles. The van der Waals surface area contributed by atoms with Gasteiger partial charge < -0.3 is 5.11 Å². The average molecular weight is 295 g/mol. The van der Waals surface area contributed by atoms with Crippen LogP contribution in [-0.2, 0) is 0 Å². The fourth-order valence-electron chi connectivity index (χ4n) is 1.77. The van der Waals surface area contributed by atoms with Crippen molar-refractivity contribution in [3.63, 3.8) is 0 Å². The van der Waals surface area contributed by atoms with Crippen LogP contribution in [0.1, 0.15) is 30.0 Å². The van der Waals surface area contributed by atoms with E-state index in [0.717, 1.165) is 27.1 Å². The smallest absolute Gasteiger partial charge is 0.0761 e. The molecule has 0 fully saturated rings. The molecule has 1 aromatic heterocycles. The SMILES string of the molecule is Cc1nn(-c2ccc([C@H](C)O)cc2)c(C)c1Br. The normalized spacial score (nSPS) is 12.8. The van der Waals surface area contributed by atoms with Gasteiger partial charge in [0.25, 0.3) is 0 Å². The molecule has 3 nitrogen and oxygen atoms in total. The largest absolute Gasteiger partial charge is 0.389 e. The Labute approximate surface area is 109 Å². The molecule has 0 aliphatic heterocycles. The van der Waals surface area contributed by atoms with Crippen LogP contribution in [0, 0.1) is 13.8 Å². The number of hydrogen-bond donors (Lipinski definition) is 1. The van der Waals surface area contributed by atoms with Crippen LogP contribution in [0.15, 0.2) is 28.7 Å². The van der Waals surface area contributed by atoms with Gasteiger partial charge in [0.15, 0.2) is 0 Å². The van der Waals surface area contributed by atoms with Gasteiger partial charge in [-0.15, -0.1) is 0 Å². The van der Waals surface area contributed by atoms with Crippen molar-refractivity contribution in [2.24, 2.45) is 0 Å². The Kier molecular flexibility index (Phi) is 3.35. The summed E-state index contributed by atoms with van der Waals surface area (Å²) in [6, 6.07) is 7.77. The minimum absolute atomic E-state index is 0.434. The predicted octanol–water partition coefficient (Wildman–Crippen LogP) is 3.30. The van der Waals surface area contributed by atoms with Crippen molar-refractivity contribution in [2.45, 2.75) is 26.9 Å². The van der Waals surface area contributed by atoms with Crippen LogP contribution in [0.3, 0.4) is 0 Å². The molecule has 0 saturated heterocycles. The van der Waals surface area contributed by atoms with Crippen LogP contribution in [-0.4, -0.2) is 14.9 Å². The monoisotopic (exact) mass is 294 g/mol. The van der Waals surface area contributed by atoms with Gasteiger partial charge in [-0.3, -0.25) is 0 Å². The third-order valence-electron chi connectivity index (χ3n) is 2.82. The lowest BCUT2D eigenvalue weighted by atomic mass is 10.1. The van der Waals surface area contributed by atoms with E-state index in [-0.39, 0.29) is 0 Å². The van der Waals surface area contributed by atoms with Gasteiger partial charge in [-0.1, -0.05) is 12.1 Å². The number of aliphatic hydroxyl groups is 1. The van der Waals surface area contributed by atoms with E-state index in [1.807, 2.05) is 42.8 Å². The van der Waals surface area contributed by atoms with Gasteiger partial charge in [-0.25, -0.2) is 4.68 Å². The lowest BCUT2D eigenvalue weighted by Crippen LogP contribution is -2.00. The lowest BCUT2D eigenvalue weighted by molar-refractivity contribution is 0.199. The van der Waals surface area contributed by atoms with Crippen LogP contribution in [0.4, 0.5) is 0 Å². The summed E-state index contributed by atoms with van der Waals surface area (Å²) >= 11 is 3.51. The predicted molar refractivity (Wildman–Crippen MR) is 71.4 cm³/mol. The molecule has 90 valence electrons. The van der Waals surface area contributed by atoms with Crippen LogP contribution in [0.2, 0.25) is 0 Å². The summed E-state index contributed by atoms with van der Waals surface area (Å²) in [4.78, 5) is 0. The van der Waals surface area contributed by atoms with Gasteiger partial charge in [0.2, 0.25) is 0 Å². The van der Waals surface area contributed by atoms with Crippen LogP contribution in [0.5, 0.6) is 0 Å². The second-order valence-electron chi connectivity index (χ2n) is 4.16. The minimum Gasteiger partial charge on any atom is -0.389 e.